The number of hydrogen-bond donors (Lipinski definition) is 1. The largest absolute Gasteiger partial charge is 0.497 e. The van der Waals surface area contributed by atoms with E-state index in [1.54, 1.807) is 36.2 Å². The van der Waals surface area contributed by atoms with Gasteiger partial charge in [-0.2, -0.15) is 0 Å². The zero-order valence-electron chi connectivity index (χ0n) is 17.9. The van der Waals surface area contributed by atoms with Crippen molar-refractivity contribution in [2.24, 2.45) is 0 Å². The molecule has 32 heavy (non-hydrogen) atoms. The highest BCUT2D eigenvalue weighted by Gasteiger charge is 2.25. The number of amides is 1. The fraction of sp³-hybridized carbons (Fsp3) is 0.208. The van der Waals surface area contributed by atoms with Crippen LogP contribution in [0.15, 0.2) is 83.8 Å². The van der Waals surface area contributed by atoms with Crippen LogP contribution in [-0.2, 0) is 21.4 Å². The summed E-state index contributed by atoms with van der Waals surface area (Å²) in [6.45, 7) is 0.402. The molecule has 1 atom stereocenters. The van der Waals surface area contributed by atoms with Crippen molar-refractivity contribution in [3.63, 3.8) is 0 Å². The van der Waals surface area contributed by atoms with Crippen molar-refractivity contribution in [1.29, 1.82) is 0 Å². The zero-order chi connectivity index (χ0) is 23.1. The van der Waals surface area contributed by atoms with E-state index in [9.17, 15) is 17.6 Å². The van der Waals surface area contributed by atoms with Gasteiger partial charge in [-0.25, -0.2) is 17.5 Å². The van der Waals surface area contributed by atoms with Gasteiger partial charge in [0, 0.05) is 20.0 Å². The molecule has 0 fully saturated rings. The predicted molar refractivity (Wildman–Crippen MR) is 120 cm³/mol. The van der Waals surface area contributed by atoms with Crippen molar-refractivity contribution in [3.8, 4) is 5.75 Å². The number of halogens is 1. The van der Waals surface area contributed by atoms with E-state index in [0.717, 1.165) is 17.7 Å². The molecule has 0 aliphatic heterocycles. The van der Waals surface area contributed by atoms with Crippen LogP contribution in [0.5, 0.6) is 5.75 Å². The second kappa shape index (κ2) is 10.4. The molecule has 3 aromatic carbocycles. The molecule has 1 amide bonds. The van der Waals surface area contributed by atoms with Crippen molar-refractivity contribution in [3.05, 3.63) is 95.8 Å². The van der Waals surface area contributed by atoms with Crippen molar-refractivity contribution < 1.29 is 22.3 Å². The minimum absolute atomic E-state index is 0.0810. The van der Waals surface area contributed by atoms with Gasteiger partial charge in [0.2, 0.25) is 15.9 Å². The maximum atomic E-state index is 13.2. The van der Waals surface area contributed by atoms with E-state index in [2.05, 4.69) is 4.72 Å². The van der Waals surface area contributed by atoms with Gasteiger partial charge in [-0.15, -0.1) is 0 Å². The van der Waals surface area contributed by atoms with Crippen LogP contribution in [0.4, 0.5) is 4.39 Å². The van der Waals surface area contributed by atoms with Gasteiger partial charge in [-0.05, 0) is 47.5 Å². The molecule has 8 heteroatoms. The van der Waals surface area contributed by atoms with E-state index >= 15 is 0 Å². The number of methoxy groups -OCH3 is 1. The van der Waals surface area contributed by atoms with Crippen LogP contribution in [0.3, 0.4) is 0 Å². The van der Waals surface area contributed by atoms with E-state index in [1.165, 1.54) is 19.2 Å². The van der Waals surface area contributed by atoms with Crippen LogP contribution in [0, 0.1) is 5.82 Å². The van der Waals surface area contributed by atoms with Crippen LogP contribution in [0.25, 0.3) is 0 Å². The summed E-state index contributed by atoms with van der Waals surface area (Å²) in [7, 11) is -0.780. The molecule has 0 radical (unpaired) electrons. The number of carbonyl (C=O) groups excluding carboxylic acids is 1. The molecule has 0 heterocycles. The maximum absolute atomic E-state index is 13.2. The molecule has 1 N–H and O–H groups in total. The highest BCUT2D eigenvalue weighted by molar-refractivity contribution is 7.89. The molecule has 168 valence electrons. The third kappa shape index (κ3) is 6.15. The number of nitrogens with zero attached hydrogens (tertiary/aromatic N) is 1. The second-order valence-corrected chi connectivity index (χ2v) is 9.05. The molecule has 3 aromatic rings. The Morgan fingerprint density at radius 2 is 1.62 bits per heavy atom. The number of rotatable bonds is 9. The second-order valence-electron chi connectivity index (χ2n) is 7.34. The topological polar surface area (TPSA) is 75.7 Å². The number of ether oxygens (including phenoxy) is 1. The lowest BCUT2D eigenvalue weighted by Gasteiger charge is -2.23. The molecule has 0 bridgehead atoms. The summed E-state index contributed by atoms with van der Waals surface area (Å²) in [6, 6.07) is 20.1. The minimum Gasteiger partial charge on any atom is -0.497 e. The first-order chi connectivity index (χ1) is 15.3. The number of nitrogens with one attached hydrogen (secondary N) is 1. The standard InChI is InChI=1S/C24H25FN2O4S/c1-27(17-18-6-4-3-5-7-18)24(28)16-23(19-8-12-21(31-2)13-9-19)26-32(29,30)22-14-10-20(25)11-15-22/h3-15,23,26H,16-17H2,1-2H3/t23-/m0/s1. The van der Waals surface area contributed by atoms with Gasteiger partial charge in [0.1, 0.15) is 11.6 Å². The molecule has 6 nitrogen and oxygen atoms in total. The Bertz CT molecular complexity index is 1130. The average Bonchev–Trinajstić information content (AvgIpc) is 2.79. The summed E-state index contributed by atoms with van der Waals surface area (Å²) in [6.07, 6.45) is -0.0872. The van der Waals surface area contributed by atoms with Crippen LogP contribution < -0.4 is 9.46 Å². The number of carbonyl (C=O) groups is 1. The van der Waals surface area contributed by atoms with Crippen molar-refractivity contribution in [2.45, 2.75) is 23.9 Å². The first-order valence-electron chi connectivity index (χ1n) is 9.98. The van der Waals surface area contributed by atoms with Gasteiger partial charge in [-0.1, -0.05) is 42.5 Å². The number of sulfonamides is 1. The number of benzene rings is 3. The first-order valence-corrected chi connectivity index (χ1v) is 11.5. The van der Waals surface area contributed by atoms with Crippen LogP contribution in [0.2, 0.25) is 0 Å². The van der Waals surface area contributed by atoms with E-state index in [-0.39, 0.29) is 17.2 Å². The molecule has 0 aliphatic carbocycles. The summed E-state index contributed by atoms with van der Waals surface area (Å²) in [5.41, 5.74) is 1.58. The van der Waals surface area contributed by atoms with Crippen LogP contribution in [-0.4, -0.2) is 33.4 Å². The fourth-order valence-electron chi connectivity index (χ4n) is 3.21. The Balaban J connectivity index is 1.83. The summed E-state index contributed by atoms with van der Waals surface area (Å²) < 4.78 is 46.8. The van der Waals surface area contributed by atoms with Crippen molar-refractivity contribution in [2.75, 3.05) is 14.2 Å². The van der Waals surface area contributed by atoms with Gasteiger partial charge in [0.15, 0.2) is 0 Å². The molecular weight excluding hydrogens is 431 g/mol. The van der Waals surface area contributed by atoms with Crippen LogP contribution >= 0.6 is 0 Å². The highest BCUT2D eigenvalue weighted by Crippen LogP contribution is 2.24. The van der Waals surface area contributed by atoms with E-state index < -0.39 is 21.9 Å². The Morgan fingerprint density at radius 3 is 2.22 bits per heavy atom. The molecular formula is C24H25FN2O4S. The monoisotopic (exact) mass is 456 g/mol. The predicted octanol–water partition coefficient (Wildman–Crippen LogP) is 3.90. The highest BCUT2D eigenvalue weighted by atomic mass is 32.2. The van der Waals surface area contributed by atoms with Gasteiger partial charge in [0.25, 0.3) is 0 Å². The Kier molecular flexibility index (Phi) is 7.61. The van der Waals surface area contributed by atoms with Crippen molar-refractivity contribution in [1.82, 2.24) is 9.62 Å². The summed E-state index contributed by atoms with van der Waals surface area (Å²) in [5, 5.41) is 0. The smallest absolute Gasteiger partial charge is 0.241 e. The molecule has 0 aromatic heterocycles. The molecule has 0 spiro atoms. The molecule has 0 unspecified atom stereocenters. The van der Waals surface area contributed by atoms with Gasteiger partial charge >= 0.3 is 0 Å². The van der Waals surface area contributed by atoms with Crippen LogP contribution in [0.1, 0.15) is 23.6 Å². The fourth-order valence-corrected chi connectivity index (χ4v) is 4.43. The SMILES string of the molecule is COc1ccc([C@H](CC(=O)N(C)Cc2ccccc2)NS(=O)(=O)c2ccc(F)cc2)cc1. The van der Waals surface area contributed by atoms with E-state index in [4.69, 9.17) is 4.74 Å². The maximum Gasteiger partial charge on any atom is 0.241 e. The third-order valence-corrected chi connectivity index (χ3v) is 6.49. The summed E-state index contributed by atoms with van der Waals surface area (Å²) in [5.74, 6) is -0.147. The van der Waals surface area contributed by atoms with E-state index in [1.807, 2.05) is 30.3 Å². The Labute approximate surface area is 187 Å². The zero-order valence-corrected chi connectivity index (χ0v) is 18.7. The Hall–Kier alpha value is -3.23. The van der Waals surface area contributed by atoms with Gasteiger partial charge < -0.3 is 9.64 Å². The van der Waals surface area contributed by atoms with Gasteiger partial charge in [-0.3, -0.25) is 4.79 Å². The first kappa shape index (κ1) is 23.4. The normalized spacial score (nSPS) is 12.2. The lowest BCUT2D eigenvalue weighted by molar-refractivity contribution is -0.130. The average molecular weight is 457 g/mol. The van der Waals surface area contributed by atoms with Crippen molar-refractivity contribution >= 4 is 15.9 Å². The minimum atomic E-state index is -3.99. The lowest BCUT2D eigenvalue weighted by Crippen LogP contribution is -2.34. The molecule has 0 saturated heterocycles. The Morgan fingerprint density at radius 1 is 1.00 bits per heavy atom. The molecule has 0 aliphatic rings. The quantitative estimate of drug-likeness (QED) is 0.530. The lowest BCUT2D eigenvalue weighted by atomic mass is 10.0. The van der Waals surface area contributed by atoms with Gasteiger partial charge in [0.05, 0.1) is 18.0 Å². The molecule has 3 rings (SSSR count). The third-order valence-electron chi connectivity index (χ3n) is 5.01. The molecule has 0 saturated carbocycles. The van der Waals surface area contributed by atoms with E-state index in [0.29, 0.717) is 17.9 Å². The summed E-state index contributed by atoms with van der Waals surface area (Å²) >= 11 is 0. The summed E-state index contributed by atoms with van der Waals surface area (Å²) in [4.78, 5) is 14.4. The number of hydrogen-bond acceptors (Lipinski definition) is 4.